The normalized spacial score (nSPS) is 10.0. The first-order chi connectivity index (χ1) is 9.11. The van der Waals surface area contributed by atoms with Gasteiger partial charge in [-0.05, 0) is 28.1 Å². The summed E-state index contributed by atoms with van der Waals surface area (Å²) in [5, 5.41) is 8.91. The van der Waals surface area contributed by atoms with Crippen molar-refractivity contribution >= 4 is 27.5 Å². The van der Waals surface area contributed by atoms with Gasteiger partial charge in [-0.3, -0.25) is 0 Å². The summed E-state index contributed by atoms with van der Waals surface area (Å²) in [6.07, 6.45) is 1.53. The van der Waals surface area contributed by atoms with Crippen LogP contribution in [0.4, 0.5) is 4.39 Å². The molecule has 0 amide bonds. The van der Waals surface area contributed by atoms with Crippen molar-refractivity contribution in [3.8, 4) is 11.8 Å². The van der Waals surface area contributed by atoms with Crippen LogP contribution >= 0.6 is 27.5 Å². The Hall–Kier alpha value is -1.64. The van der Waals surface area contributed by atoms with Crippen molar-refractivity contribution in [2.24, 2.45) is 0 Å². The van der Waals surface area contributed by atoms with Crippen molar-refractivity contribution in [2.45, 2.75) is 6.61 Å². The molecule has 3 nitrogen and oxygen atoms in total. The molecule has 0 spiro atoms. The molecule has 19 heavy (non-hydrogen) atoms. The summed E-state index contributed by atoms with van der Waals surface area (Å²) in [7, 11) is 0. The second-order valence-corrected chi connectivity index (χ2v) is 4.87. The molecule has 0 saturated carbocycles. The maximum atomic E-state index is 13.3. The fourth-order valence-corrected chi connectivity index (χ4v) is 2.18. The molecule has 0 radical (unpaired) electrons. The molecule has 96 valence electrons. The molecule has 0 N–H and O–H groups in total. The van der Waals surface area contributed by atoms with E-state index in [1.54, 1.807) is 12.1 Å². The van der Waals surface area contributed by atoms with Crippen molar-refractivity contribution in [3.05, 3.63) is 57.0 Å². The van der Waals surface area contributed by atoms with Gasteiger partial charge in [-0.25, -0.2) is 9.37 Å². The largest absolute Gasteiger partial charge is 0.488 e. The van der Waals surface area contributed by atoms with E-state index in [2.05, 4.69) is 20.9 Å². The Kier molecular flexibility index (Phi) is 4.35. The summed E-state index contributed by atoms with van der Waals surface area (Å²) in [5.41, 5.74) is 0.917. The maximum Gasteiger partial charge on any atom is 0.147 e. The van der Waals surface area contributed by atoms with Crippen molar-refractivity contribution in [3.63, 3.8) is 0 Å². The van der Waals surface area contributed by atoms with Gasteiger partial charge in [-0.2, -0.15) is 5.26 Å². The number of hydrogen-bond donors (Lipinski definition) is 0. The summed E-state index contributed by atoms with van der Waals surface area (Å²) in [6.45, 7) is 0.121. The van der Waals surface area contributed by atoms with Crippen LogP contribution in [0.3, 0.4) is 0 Å². The Morgan fingerprint density at radius 3 is 3.00 bits per heavy atom. The Labute approximate surface area is 122 Å². The second kappa shape index (κ2) is 6.00. The molecule has 0 atom stereocenters. The van der Waals surface area contributed by atoms with E-state index in [1.165, 1.54) is 18.3 Å². The van der Waals surface area contributed by atoms with Crippen LogP contribution in [0.25, 0.3) is 0 Å². The Balaban J connectivity index is 2.20. The number of benzene rings is 1. The number of nitriles is 1. The Morgan fingerprint density at radius 1 is 1.47 bits per heavy atom. The fourth-order valence-electron chi connectivity index (χ4n) is 1.43. The van der Waals surface area contributed by atoms with Gasteiger partial charge in [-0.15, -0.1) is 0 Å². The van der Waals surface area contributed by atoms with Crippen molar-refractivity contribution < 1.29 is 9.13 Å². The predicted octanol–water partition coefficient (Wildman–Crippen LogP) is 4.09. The fraction of sp³-hybridized carbons (Fsp3) is 0.0769. The van der Waals surface area contributed by atoms with Gasteiger partial charge in [0.25, 0.3) is 0 Å². The van der Waals surface area contributed by atoms with Crippen LogP contribution < -0.4 is 4.74 Å². The third-order valence-electron chi connectivity index (χ3n) is 2.36. The summed E-state index contributed by atoms with van der Waals surface area (Å²) < 4.78 is 19.3. The monoisotopic (exact) mass is 340 g/mol. The van der Waals surface area contributed by atoms with Gasteiger partial charge in [0.15, 0.2) is 0 Å². The quantitative estimate of drug-likeness (QED) is 0.790. The molecule has 0 aliphatic carbocycles. The first-order valence-electron chi connectivity index (χ1n) is 5.23. The molecule has 1 aromatic carbocycles. The lowest BCUT2D eigenvalue weighted by Gasteiger charge is -2.09. The maximum absolute atomic E-state index is 13.3. The van der Waals surface area contributed by atoms with Crippen LogP contribution in [0.2, 0.25) is 5.02 Å². The Bertz CT molecular complexity index is 658. The highest BCUT2D eigenvalue weighted by molar-refractivity contribution is 9.10. The van der Waals surface area contributed by atoms with Gasteiger partial charge < -0.3 is 4.74 Å². The minimum atomic E-state index is -0.563. The number of nitrogens with zero attached hydrogens (tertiary/aromatic N) is 2. The van der Waals surface area contributed by atoms with Gasteiger partial charge >= 0.3 is 0 Å². The average Bonchev–Trinajstić information content (AvgIpc) is 2.41. The van der Waals surface area contributed by atoms with E-state index in [0.717, 1.165) is 0 Å². The molecule has 6 heteroatoms. The van der Waals surface area contributed by atoms with E-state index in [4.69, 9.17) is 21.6 Å². The highest BCUT2D eigenvalue weighted by atomic mass is 79.9. The summed E-state index contributed by atoms with van der Waals surface area (Å²) in [4.78, 5) is 3.92. The van der Waals surface area contributed by atoms with E-state index < -0.39 is 5.82 Å². The zero-order valence-electron chi connectivity index (χ0n) is 9.53. The molecule has 0 aliphatic heterocycles. The molecule has 0 bridgehead atoms. The van der Waals surface area contributed by atoms with E-state index in [1.807, 2.05) is 6.07 Å². The minimum absolute atomic E-state index is 0.0123. The summed E-state index contributed by atoms with van der Waals surface area (Å²) >= 11 is 8.87. The molecule has 2 aromatic rings. The van der Waals surface area contributed by atoms with Crippen molar-refractivity contribution in [1.82, 2.24) is 4.98 Å². The lowest BCUT2D eigenvalue weighted by molar-refractivity contribution is 0.302. The molecule has 2 rings (SSSR count). The van der Waals surface area contributed by atoms with E-state index in [0.29, 0.717) is 15.8 Å². The minimum Gasteiger partial charge on any atom is -0.488 e. The van der Waals surface area contributed by atoms with E-state index >= 15 is 0 Å². The number of ether oxygens (including phenoxy) is 1. The van der Waals surface area contributed by atoms with Crippen LogP contribution in [0.5, 0.6) is 5.75 Å². The van der Waals surface area contributed by atoms with Crippen LogP contribution in [0.1, 0.15) is 11.3 Å². The van der Waals surface area contributed by atoms with Gasteiger partial charge in [0.05, 0.1) is 9.50 Å². The third kappa shape index (κ3) is 3.22. The van der Waals surface area contributed by atoms with Gasteiger partial charge in [-0.1, -0.05) is 17.7 Å². The third-order valence-corrected chi connectivity index (χ3v) is 3.26. The molecule has 0 unspecified atom stereocenters. The number of halogens is 3. The average molecular weight is 342 g/mol. The SMILES string of the molecule is N#Cc1ncccc1COc1cc(F)c(Cl)cc1Br. The Morgan fingerprint density at radius 2 is 2.26 bits per heavy atom. The lowest BCUT2D eigenvalue weighted by Crippen LogP contribution is -2.00. The molecular weight excluding hydrogens is 335 g/mol. The topological polar surface area (TPSA) is 45.9 Å². The predicted molar refractivity (Wildman–Crippen MR) is 72.4 cm³/mol. The first-order valence-corrected chi connectivity index (χ1v) is 6.40. The summed E-state index contributed by atoms with van der Waals surface area (Å²) in [6, 6.07) is 8.01. The van der Waals surface area contributed by atoms with Crippen molar-refractivity contribution in [1.29, 1.82) is 5.26 Å². The molecule has 0 aliphatic rings. The van der Waals surface area contributed by atoms with Crippen LogP contribution in [-0.2, 0) is 6.61 Å². The number of rotatable bonds is 3. The standard InChI is InChI=1S/C13H7BrClFN2O/c14-9-4-10(15)11(16)5-13(9)19-7-8-2-1-3-18-12(8)6-17/h1-5H,7H2. The second-order valence-electron chi connectivity index (χ2n) is 3.61. The highest BCUT2D eigenvalue weighted by Crippen LogP contribution is 2.31. The highest BCUT2D eigenvalue weighted by Gasteiger charge is 2.09. The zero-order chi connectivity index (χ0) is 13.8. The van der Waals surface area contributed by atoms with Crippen LogP contribution in [0, 0.1) is 17.1 Å². The molecule has 1 aromatic heterocycles. The lowest BCUT2D eigenvalue weighted by atomic mass is 10.2. The van der Waals surface area contributed by atoms with Crippen LogP contribution in [-0.4, -0.2) is 4.98 Å². The number of hydrogen-bond acceptors (Lipinski definition) is 3. The summed E-state index contributed by atoms with van der Waals surface area (Å²) in [5.74, 6) is -0.249. The first kappa shape index (κ1) is 13.8. The van der Waals surface area contributed by atoms with Gasteiger partial charge in [0.2, 0.25) is 0 Å². The van der Waals surface area contributed by atoms with Gasteiger partial charge in [0.1, 0.15) is 29.9 Å². The number of aromatic nitrogens is 1. The smallest absolute Gasteiger partial charge is 0.147 e. The van der Waals surface area contributed by atoms with Gasteiger partial charge in [0, 0.05) is 17.8 Å². The zero-order valence-corrected chi connectivity index (χ0v) is 11.9. The van der Waals surface area contributed by atoms with Crippen molar-refractivity contribution in [2.75, 3.05) is 0 Å². The van der Waals surface area contributed by atoms with Crippen LogP contribution in [0.15, 0.2) is 34.9 Å². The number of pyridine rings is 1. The molecule has 1 heterocycles. The van der Waals surface area contributed by atoms with E-state index in [-0.39, 0.29) is 17.3 Å². The molecule has 0 saturated heterocycles. The molecule has 0 fully saturated rings. The van der Waals surface area contributed by atoms with E-state index in [9.17, 15) is 4.39 Å². The molecular formula is C13H7BrClFN2O.